The van der Waals surface area contributed by atoms with Gasteiger partial charge in [-0.2, -0.15) is 15.1 Å². The summed E-state index contributed by atoms with van der Waals surface area (Å²) in [6, 6.07) is 13.4. The van der Waals surface area contributed by atoms with Gasteiger partial charge in [-0.1, -0.05) is 35.9 Å². The van der Waals surface area contributed by atoms with Crippen LogP contribution in [0.1, 0.15) is 41.6 Å². The summed E-state index contributed by atoms with van der Waals surface area (Å²) in [5, 5.41) is 15.3. The van der Waals surface area contributed by atoms with Crippen molar-refractivity contribution in [2.75, 3.05) is 28.4 Å². The van der Waals surface area contributed by atoms with Crippen molar-refractivity contribution in [3.05, 3.63) is 71.0 Å². The third-order valence-corrected chi connectivity index (χ3v) is 9.38. The normalized spacial score (nSPS) is 16.2. The molecule has 5 aromatic rings. The fourth-order valence-corrected chi connectivity index (χ4v) is 6.70. The molecule has 0 unspecified atom stereocenters. The van der Waals surface area contributed by atoms with Gasteiger partial charge in [0.1, 0.15) is 11.3 Å². The highest BCUT2D eigenvalue weighted by Gasteiger charge is 2.28. The molecule has 248 valence electrons. The number of aromatic nitrogens is 5. The van der Waals surface area contributed by atoms with Crippen molar-refractivity contribution in [1.29, 1.82) is 0 Å². The second-order valence-electron chi connectivity index (χ2n) is 11.7. The number of ether oxygens (including phenoxy) is 3. The van der Waals surface area contributed by atoms with Gasteiger partial charge in [0.15, 0.2) is 17.9 Å². The number of rotatable bonds is 11. The van der Waals surface area contributed by atoms with Crippen molar-refractivity contribution < 1.29 is 28.9 Å². The van der Waals surface area contributed by atoms with Crippen LogP contribution in [0.2, 0.25) is 5.02 Å². The van der Waals surface area contributed by atoms with E-state index in [4.69, 9.17) is 30.8 Å². The first kappa shape index (κ1) is 32.9. The zero-order valence-electron chi connectivity index (χ0n) is 27.0. The molecule has 12 nitrogen and oxygen atoms in total. The zero-order valence-corrected chi connectivity index (χ0v) is 27.8. The lowest BCUT2D eigenvalue weighted by molar-refractivity contribution is -0.143. The van der Waals surface area contributed by atoms with Gasteiger partial charge in [0.2, 0.25) is 11.8 Å². The summed E-state index contributed by atoms with van der Waals surface area (Å²) in [6.07, 6.45) is 7.15. The molecule has 0 bridgehead atoms. The lowest BCUT2D eigenvalue weighted by atomic mass is 9.85. The van der Waals surface area contributed by atoms with Crippen LogP contribution in [0.15, 0.2) is 54.9 Å². The molecule has 2 aromatic carbocycles. The second kappa shape index (κ2) is 14.0. The number of carboxylic acid groups (broad SMARTS) is 1. The summed E-state index contributed by atoms with van der Waals surface area (Å²) in [4.78, 5) is 39.2. The number of aliphatic carboxylic acids is 1. The van der Waals surface area contributed by atoms with Gasteiger partial charge in [0.05, 0.1) is 44.0 Å². The van der Waals surface area contributed by atoms with Gasteiger partial charge in [-0.05, 0) is 50.4 Å². The van der Waals surface area contributed by atoms with Gasteiger partial charge in [-0.3, -0.25) is 14.5 Å². The molecule has 0 amide bonds. The van der Waals surface area contributed by atoms with E-state index in [9.17, 15) is 14.7 Å². The minimum Gasteiger partial charge on any atom is -0.496 e. The number of pyridine rings is 1. The molecule has 0 atom stereocenters. The fourth-order valence-electron chi connectivity index (χ4n) is 6.39. The largest absolute Gasteiger partial charge is 0.496 e. The maximum Gasteiger partial charge on any atom is 0.306 e. The van der Waals surface area contributed by atoms with Gasteiger partial charge < -0.3 is 19.3 Å². The Balaban J connectivity index is 1.31. The predicted molar refractivity (Wildman–Crippen MR) is 180 cm³/mol. The number of hydrogen-bond acceptors (Lipinski definition) is 10. The Hall–Kier alpha value is -5.07. The molecule has 0 saturated heterocycles. The summed E-state index contributed by atoms with van der Waals surface area (Å²) in [5.41, 5.74) is 4.05. The maximum absolute atomic E-state index is 11.7. The lowest BCUT2D eigenvalue weighted by Gasteiger charge is -2.33. The monoisotopic (exact) mass is 670 g/mol. The molecular weight excluding hydrogens is 636 g/mol. The standard InChI is InChI=1S/C35H35ClN6O6/c1-41(22-13-11-20(12-14-22)35(44)45)18-21-16-37-32(40-33(21)47-3)25-9-5-8-24(31(25)36)23-7-6-10-28-26(23)17-38-42(28)30-15-29(46-2)27(19-43)34(39-30)48-4/h5-10,15-17,19-20,22H,11-14,18H2,1-4H3,(H,44,45). The van der Waals surface area contributed by atoms with Gasteiger partial charge in [-0.15, -0.1) is 0 Å². The van der Waals surface area contributed by atoms with Crippen LogP contribution in [-0.4, -0.2) is 81.4 Å². The highest BCUT2D eigenvalue weighted by Crippen LogP contribution is 2.39. The molecule has 48 heavy (non-hydrogen) atoms. The smallest absolute Gasteiger partial charge is 0.306 e. The van der Waals surface area contributed by atoms with E-state index in [-0.39, 0.29) is 23.4 Å². The molecule has 0 aliphatic heterocycles. The van der Waals surface area contributed by atoms with E-state index in [0.717, 1.165) is 40.4 Å². The molecule has 3 heterocycles. The van der Waals surface area contributed by atoms with Gasteiger partial charge >= 0.3 is 5.97 Å². The van der Waals surface area contributed by atoms with Crippen LogP contribution < -0.4 is 14.2 Å². The molecule has 6 rings (SSSR count). The van der Waals surface area contributed by atoms with E-state index < -0.39 is 5.97 Å². The third-order valence-electron chi connectivity index (χ3n) is 8.97. The van der Waals surface area contributed by atoms with Crippen molar-refractivity contribution in [2.45, 2.75) is 38.3 Å². The molecule has 3 aromatic heterocycles. The average Bonchev–Trinajstić information content (AvgIpc) is 3.56. The highest BCUT2D eigenvalue weighted by atomic mass is 35.5. The number of hydrogen-bond donors (Lipinski definition) is 1. The van der Waals surface area contributed by atoms with Crippen LogP contribution in [0.3, 0.4) is 0 Å². The summed E-state index contributed by atoms with van der Waals surface area (Å²) in [5.74, 6) is 0.772. The average molecular weight is 671 g/mol. The number of carbonyl (C=O) groups excluding carboxylic acids is 1. The van der Waals surface area contributed by atoms with E-state index in [1.165, 1.54) is 14.2 Å². The SMILES string of the molecule is COc1cc(-n2ncc3c(-c4cccc(-c5ncc(CN(C)C6CCC(C(=O)O)CC6)c(OC)n5)c4Cl)cccc32)nc(OC)c1C=O. The van der Waals surface area contributed by atoms with Gasteiger partial charge in [0, 0.05) is 46.9 Å². The zero-order chi connectivity index (χ0) is 33.9. The number of halogens is 1. The lowest BCUT2D eigenvalue weighted by Crippen LogP contribution is -2.36. The Bertz CT molecular complexity index is 1970. The van der Waals surface area contributed by atoms with Gasteiger partial charge in [0.25, 0.3) is 0 Å². The number of fused-ring (bicyclic) bond motifs is 1. The number of benzene rings is 2. The van der Waals surface area contributed by atoms with Crippen molar-refractivity contribution >= 4 is 34.8 Å². The van der Waals surface area contributed by atoms with Crippen molar-refractivity contribution in [3.8, 4) is 45.8 Å². The van der Waals surface area contributed by atoms with E-state index in [2.05, 4.69) is 20.0 Å². The summed E-state index contributed by atoms with van der Waals surface area (Å²) < 4.78 is 18.1. The van der Waals surface area contributed by atoms with Gasteiger partial charge in [-0.25, -0.2) is 9.67 Å². The number of carboxylic acids is 1. The number of methoxy groups -OCH3 is 3. The number of nitrogens with zero attached hydrogens (tertiary/aromatic N) is 6. The summed E-state index contributed by atoms with van der Waals surface area (Å²) in [7, 11) is 6.53. The summed E-state index contributed by atoms with van der Waals surface area (Å²) >= 11 is 7.09. The Morgan fingerprint density at radius 3 is 2.38 bits per heavy atom. The minimum atomic E-state index is -0.710. The third kappa shape index (κ3) is 6.16. The Labute approximate surface area is 282 Å². The first-order valence-corrected chi connectivity index (χ1v) is 15.8. The molecule has 1 aliphatic carbocycles. The number of carbonyl (C=O) groups is 2. The molecule has 0 radical (unpaired) electrons. The maximum atomic E-state index is 11.7. The minimum absolute atomic E-state index is 0.130. The Morgan fingerprint density at radius 2 is 1.69 bits per heavy atom. The van der Waals surface area contributed by atoms with Crippen LogP contribution in [-0.2, 0) is 11.3 Å². The van der Waals surface area contributed by atoms with Crippen LogP contribution in [0.4, 0.5) is 0 Å². The van der Waals surface area contributed by atoms with Crippen LogP contribution >= 0.6 is 11.6 Å². The topological polar surface area (TPSA) is 142 Å². The molecule has 1 saturated carbocycles. The molecule has 0 spiro atoms. The first-order chi connectivity index (χ1) is 23.3. The van der Waals surface area contributed by atoms with Crippen molar-refractivity contribution in [2.24, 2.45) is 5.92 Å². The van der Waals surface area contributed by atoms with Crippen molar-refractivity contribution in [1.82, 2.24) is 29.6 Å². The highest BCUT2D eigenvalue weighted by molar-refractivity contribution is 6.36. The summed E-state index contributed by atoms with van der Waals surface area (Å²) in [6.45, 7) is 0.566. The molecule has 13 heteroatoms. The van der Waals surface area contributed by atoms with E-state index in [0.29, 0.717) is 59.5 Å². The number of aldehydes is 1. The van der Waals surface area contributed by atoms with E-state index >= 15 is 0 Å². The van der Waals surface area contributed by atoms with E-state index in [1.54, 1.807) is 30.3 Å². The van der Waals surface area contributed by atoms with Crippen LogP contribution in [0, 0.1) is 5.92 Å². The Kier molecular flexibility index (Phi) is 9.56. The molecule has 1 fully saturated rings. The Morgan fingerprint density at radius 1 is 0.979 bits per heavy atom. The fraction of sp³-hybridized carbons (Fsp3) is 0.314. The predicted octanol–water partition coefficient (Wildman–Crippen LogP) is 6.11. The molecular formula is C35H35ClN6O6. The first-order valence-electron chi connectivity index (χ1n) is 15.4. The second-order valence-corrected chi connectivity index (χ2v) is 12.1. The van der Waals surface area contributed by atoms with Crippen LogP contribution in [0.25, 0.3) is 39.2 Å². The van der Waals surface area contributed by atoms with Crippen molar-refractivity contribution in [3.63, 3.8) is 0 Å². The van der Waals surface area contributed by atoms with Crippen LogP contribution in [0.5, 0.6) is 17.5 Å². The molecule has 1 N–H and O–H groups in total. The quantitative estimate of drug-likeness (QED) is 0.163. The van der Waals surface area contributed by atoms with E-state index in [1.807, 2.05) is 43.4 Å². The molecule has 1 aliphatic rings.